The van der Waals surface area contributed by atoms with E-state index in [1.54, 1.807) is 22.5 Å². The molecule has 0 saturated carbocycles. The molecule has 2 aromatic carbocycles. The number of halogens is 1. The molecule has 1 fully saturated rings. The lowest BCUT2D eigenvalue weighted by atomic mass is 10.2. The third-order valence-electron chi connectivity index (χ3n) is 5.37. The van der Waals surface area contributed by atoms with Crippen LogP contribution in [0, 0.1) is 0 Å². The highest BCUT2D eigenvalue weighted by Gasteiger charge is 2.25. The van der Waals surface area contributed by atoms with Crippen LogP contribution in [-0.4, -0.2) is 45.1 Å². The highest BCUT2D eigenvalue weighted by molar-refractivity contribution is 7.89. The van der Waals surface area contributed by atoms with E-state index in [2.05, 4.69) is 10.6 Å². The molecule has 0 aliphatic carbocycles. The summed E-state index contributed by atoms with van der Waals surface area (Å²) in [5, 5.41) is 5.85. The van der Waals surface area contributed by atoms with Gasteiger partial charge < -0.3 is 20.1 Å². The lowest BCUT2D eigenvalue weighted by Gasteiger charge is -2.20. The van der Waals surface area contributed by atoms with E-state index in [-0.39, 0.29) is 36.5 Å². The van der Waals surface area contributed by atoms with Crippen LogP contribution >= 0.6 is 12.4 Å². The fourth-order valence-corrected chi connectivity index (χ4v) is 5.31. The van der Waals surface area contributed by atoms with Gasteiger partial charge in [-0.2, -0.15) is 4.31 Å². The van der Waals surface area contributed by atoms with Crippen molar-refractivity contribution in [3.63, 3.8) is 0 Å². The van der Waals surface area contributed by atoms with Gasteiger partial charge in [0.05, 0.1) is 11.4 Å². The van der Waals surface area contributed by atoms with Crippen molar-refractivity contribution in [1.82, 2.24) is 9.62 Å². The Balaban J connectivity index is 0.00000289. The van der Waals surface area contributed by atoms with E-state index < -0.39 is 10.0 Å². The molecule has 1 amide bonds. The van der Waals surface area contributed by atoms with Gasteiger partial charge in [-0.3, -0.25) is 4.79 Å². The average molecular weight is 482 g/mol. The number of sulfonamides is 1. The topological polar surface area (TPSA) is 97.0 Å². The highest BCUT2D eigenvalue weighted by Crippen LogP contribution is 2.32. The van der Waals surface area contributed by atoms with Crippen LogP contribution in [0.3, 0.4) is 0 Å². The Kier molecular flexibility index (Phi) is 8.36. The fourth-order valence-electron chi connectivity index (χ4n) is 3.74. The van der Waals surface area contributed by atoms with Crippen molar-refractivity contribution >= 4 is 34.0 Å². The maximum absolute atomic E-state index is 13.0. The fraction of sp³-hybridized carbons (Fsp3) is 0.409. The lowest BCUT2D eigenvalue weighted by Crippen LogP contribution is -2.32. The number of ether oxygens (including phenoxy) is 2. The minimum atomic E-state index is -3.56. The van der Waals surface area contributed by atoms with Crippen LogP contribution in [0.25, 0.3) is 0 Å². The molecule has 2 N–H and O–H groups in total. The summed E-state index contributed by atoms with van der Waals surface area (Å²) in [6, 6.07) is 12.1. The van der Waals surface area contributed by atoms with Crippen molar-refractivity contribution in [2.24, 2.45) is 0 Å². The molecular weight excluding hydrogens is 454 g/mol. The number of amides is 1. The largest absolute Gasteiger partial charge is 0.454 e. The van der Waals surface area contributed by atoms with Gasteiger partial charge in [-0.15, -0.1) is 12.4 Å². The number of hydrogen-bond donors (Lipinski definition) is 2. The van der Waals surface area contributed by atoms with Crippen LogP contribution in [0.5, 0.6) is 11.5 Å². The van der Waals surface area contributed by atoms with Crippen LogP contribution in [0.4, 0.5) is 5.69 Å². The van der Waals surface area contributed by atoms with Gasteiger partial charge in [-0.1, -0.05) is 25.0 Å². The number of anilines is 1. The number of fused-ring (bicyclic) bond motifs is 1. The molecule has 0 aromatic heterocycles. The summed E-state index contributed by atoms with van der Waals surface area (Å²) in [6.07, 6.45) is 3.87. The standard InChI is InChI=1S/C22H27N3O5S.ClH/c26-22(15-23-14-17-8-9-20-21(12-17)30-16-29-20)24-18-6-5-7-19(13-18)31(27,28)25-10-3-1-2-4-11-25;/h5-9,12-13,23H,1-4,10-11,14-16H2,(H,24,26);1H. The van der Waals surface area contributed by atoms with Crippen LogP contribution in [0.2, 0.25) is 0 Å². The summed E-state index contributed by atoms with van der Waals surface area (Å²) in [4.78, 5) is 12.5. The molecule has 0 unspecified atom stereocenters. The number of nitrogens with one attached hydrogen (secondary N) is 2. The Morgan fingerprint density at radius 3 is 2.50 bits per heavy atom. The van der Waals surface area contributed by atoms with Crippen LogP contribution in [-0.2, 0) is 21.4 Å². The predicted octanol–water partition coefficient (Wildman–Crippen LogP) is 3.13. The Morgan fingerprint density at radius 2 is 1.72 bits per heavy atom. The number of rotatable bonds is 7. The second kappa shape index (κ2) is 11.0. The maximum Gasteiger partial charge on any atom is 0.243 e. The third-order valence-corrected chi connectivity index (χ3v) is 7.27. The van der Waals surface area contributed by atoms with Crippen molar-refractivity contribution < 1.29 is 22.7 Å². The van der Waals surface area contributed by atoms with Gasteiger partial charge >= 0.3 is 0 Å². The number of carbonyl (C=O) groups excluding carboxylic acids is 1. The van der Waals surface area contributed by atoms with E-state index in [4.69, 9.17) is 9.47 Å². The van der Waals surface area contributed by atoms with Gasteiger partial charge in [0.2, 0.25) is 22.7 Å². The third kappa shape index (κ3) is 5.92. The normalized spacial score (nSPS) is 16.1. The van der Waals surface area contributed by atoms with Gasteiger partial charge in [-0.25, -0.2) is 8.42 Å². The smallest absolute Gasteiger partial charge is 0.243 e. The molecule has 0 radical (unpaired) electrons. The molecule has 4 rings (SSSR count). The van der Waals surface area contributed by atoms with E-state index in [0.717, 1.165) is 37.0 Å². The first-order valence-corrected chi connectivity index (χ1v) is 12.0. The van der Waals surface area contributed by atoms with Crippen molar-refractivity contribution in [1.29, 1.82) is 0 Å². The molecule has 0 bridgehead atoms. The minimum absolute atomic E-state index is 0. The van der Waals surface area contributed by atoms with Gasteiger partial charge in [0.1, 0.15) is 0 Å². The lowest BCUT2D eigenvalue weighted by molar-refractivity contribution is -0.115. The highest BCUT2D eigenvalue weighted by atomic mass is 35.5. The van der Waals surface area contributed by atoms with Crippen molar-refractivity contribution in [2.45, 2.75) is 37.1 Å². The molecule has 2 aliphatic heterocycles. The summed E-state index contributed by atoms with van der Waals surface area (Å²) >= 11 is 0. The molecule has 2 aliphatic rings. The number of benzene rings is 2. The SMILES string of the molecule is Cl.O=C(CNCc1ccc2c(c1)OCO2)Nc1cccc(S(=O)(=O)N2CCCCCC2)c1. The van der Waals surface area contributed by atoms with Crippen LogP contribution < -0.4 is 20.1 Å². The van der Waals surface area contributed by atoms with E-state index in [9.17, 15) is 13.2 Å². The molecule has 174 valence electrons. The van der Waals surface area contributed by atoms with E-state index in [1.807, 2.05) is 18.2 Å². The molecule has 8 nitrogen and oxygen atoms in total. The van der Waals surface area contributed by atoms with Gasteiger partial charge in [0, 0.05) is 25.3 Å². The van der Waals surface area contributed by atoms with Crippen molar-refractivity contribution in [3.8, 4) is 11.5 Å². The molecule has 10 heteroatoms. The van der Waals surface area contributed by atoms with Gasteiger partial charge in [0.25, 0.3) is 0 Å². The minimum Gasteiger partial charge on any atom is -0.454 e. The maximum atomic E-state index is 13.0. The predicted molar refractivity (Wildman–Crippen MR) is 124 cm³/mol. The van der Waals surface area contributed by atoms with E-state index >= 15 is 0 Å². The molecule has 0 spiro atoms. The summed E-state index contributed by atoms with van der Waals surface area (Å²) in [5.74, 6) is 1.17. The summed E-state index contributed by atoms with van der Waals surface area (Å²) in [7, 11) is -3.56. The van der Waals surface area contributed by atoms with Crippen LogP contribution in [0.1, 0.15) is 31.2 Å². The molecular formula is C22H28ClN3O5S. The molecule has 32 heavy (non-hydrogen) atoms. The van der Waals surface area contributed by atoms with Crippen molar-refractivity contribution in [3.05, 3.63) is 48.0 Å². The molecule has 1 saturated heterocycles. The Hall–Kier alpha value is -2.33. The average Bonchev–Trinajstić information content (AvgIpc) is 3.04. The second-order valence-electron chi connectivity index (χ2n) is 7.69. The first-order valence-electron chi connectivity index (χ1n) is 10.5. The quantitative estimate of drug-likeness (QED) is 0.630. The van der Waals surface area contributed by atoms with Crippen LogP contribution in [0.15, 0.2) is 47.4 Å². The molecule has 2 aromatic rings. The van der Waals surface area contributed by atoms with Gasteiger partial charge in [-0.05, 0) is 48.7 Å². The Morgan fingerprint density at radius 1 is 0.969 bits per heavy atom. The zero-order valence-corrected chi connectivity index (χ0v) is 19.3. The molecule has 2 heterocycles. The summed E-state index contributed by atoms with van der Waals surface area (Å²) in [6.45, 7) is 1.90. The van der Waals surface area contributed by atoms with Gasteiger partial charge in [0.15, 0.2) is 11.5 Å². The number of nitrogens with zero attached hydrogens (tertiary/aromatic N) is 1. The Labute approximate surface area is 194 Å². The number of hydrogen-bond acceptors (Lipinski definition) is 6. The summed E-state index contributed by atoms with van der Waals surface area (Å²) in [5.41, 5.74) is 1.44. The summed E-state index contributed by atoms with van der Waals surface area (Å²) < 4.78 is 38.1. The first kappa shape index (κ1) is 24.3. The second-order valence-corrected chi connectivity index (χ2v) is 9.62. The van der Waals surface area contributed by atoms with Crippen molar-refractivity contribution in [2.75, 3.05) is 31.7 Å². The first-order chi connectivity index (χ1) is 15.0. The van der Waals surface area contributed by atoms with E-state index in [0.29, 0.717) is 31.1 Å². The molecule has 0 atom stereocenters. The zero-order valence-electron chi connectivity index (χ0n) is 17.7. The Bertz CT molecular complexity index is 1040. The zero-order chi connectivity index (χ0) is 21.7. The number of carbonyl (C=O) groups is 1. The monoisotopic (exact) mass is 481 g/mol. The van der Waals surface area contributed by atoms with E-state index in [1.165, 1.54) is 6.07 Å².